The Bertz CT molecular complexity index is 3140. The van der Waals surface area contributed by atoms with Gasteiger partial charge in [0.2, 0.25) is 23.6 Å². The van der Waals surface area contributed by atoms with E-state index < -0.39 is 30.3 Å². The first-order valence-corrected chi connectivity index (χ1v) is 52.1. The molecule has 131 heavy (non-hydrogen) atoms. The Morgan fingerprint density at radius 2 is 0.733 bits per heavy atom. The van der Waals surface area contributed by atoms with Crippen molar-refractivity contribution in [2.75, 3.05) is 104 Å². The van der Waals surface area contributed by atoms with Crippen LogP contribution in [0.5, 0.6) is 0 Å². The minimum atomic E-state index is -0.913. The Morgan fingerprint density at radius 3 is 1.15 bits per heavy atom. The van der Waals surface area contributed by atoms with Gasteiger partial charge in [-0.25, -0.2) is 0 Å². The normalized spacial score (nSPS) is 24.1. The fourth-order valence-electron chi connectivity index (χ4n) is 17.2. The van der Waals surface area contributed by atoms with E-state index in [1.54, 1.807) is 21.6 Å². The molecule has 4 heterocycles. The van der Waals surface area contributed by atoms with Crippen molar-refractivity contribution in [3.05, 3.63) is 0 Å². The molecule has 17 atom stereocenters. The molecule has 4 aliphatic rings. The van der Waals surface area contributed by atoms with Crippen molar-refractivity contribution in [3.8, 4) is 0 Å². The summed E-state index contributed by atoms with van der Waals surface area (Å²) in [5.41, 5.74) is -0.913. The van der Waals surface area contributed by atoms with E-state index in [9.17, 15) is 67.1 Å². The molecule has 0 aliphatic carbocycles. The zero-order valence-corrected chi connectivity index (χ0v) is 83.8. The Kier molecular flexibility index (Phi) is 61.2. The fourth-order valence-corrected chi connectivity index (χ4v) is 19.2. The molecular weight excluding hydrogens is 1730 g/mol. The monoisotopic (exact) mass is 1890 g/mol. The van der Waals surface area contributed by atoms with E-state index in [1.807, 2.05) is 11.8 Å². The van der Waals surface area contributed by atoms with E-state index >= 15 is 0 Å². The highest BCUT2D eigenvalue weighted by Crippen LogP contribution is 2.40. The van der Waals surface area contributed by atoms with Crippen LogP contribution >= 0.6 is 21.6 Å². The van der Waals surface area contributed by atoms with Gasteiger partial charge in [-0.3, -0.25) is 62.3 Å². The van der Waals surface area contributed by atoms with Crippen molar-refractivity contribution in [3.63, 3.8) is 0 Å². The molecule has 15 unspecified atom stereocenters. The number of rotatable bonds is 75. The molecule has 0 radical (unpaired) electrons. The van der Waals surface area contributed by atoms with E-state index in [1.165, 1.54) is 27.7 Å². The van der Waals surface area contributed by atoms with Gasteiger partial charge in [0, 0.05) is 204 Å². The number of amides is 4. The van der Waals surface area contributed by atoms with Gasteiger partial charge in [-0.05, 0) is 152 Å². The summed E-state index contributed by atoms with van der Waals surface area (Å²) in [6.07, 6.45) is 14.4. The van der Waals surface area contributed by atoms with Crippen LogP contribution in [0, 0.1) is 58.7 Å². The standard InChI is InChI=1S/C99H168N4O26S2/c1-15-81-60-87(126-95(117)46-45-68(2)104)62-103(81)94(116)44-32-58-130-131-59-52-102-93(115)41-23-22-40-86(112)61-99(49-28-24-42-91(113)100-50-33-51-101-92(114)43-27-31-55-122-98-77(11)71(5)74(8)90(129-98)65-125-80(14)107,66-118-56-47-84(110)36-20-16-18-34-82(108)38-25-29-53-120-96-75(9)69(3)72(6)88(127-96)63-123-78(12)105)67-119-57-48-85(111)37-21-17-19-35-83(109)39-26-30-54-121-97-76(10)70(4)73(7)89(128-97)64-124-79(13)106/h69-77,81,87-90,96-98H,15-67H2,1-14H3,(H,100,113)(H,101,114)(H,102,115)/t69?,70?,71?,72?,73?,74?,75?,76?,77?,81-,87-,88?,89?,90?,96?,97?,98?,99?/m1/s1. The van der Waals surface area contributed by atoms with E-state index in [-0.39, 0.29) is 246 Å². The van der Waals surface area contributed by atoms with Crippen molar-refractivity contribution in [2.24, 2.45) is 58.7 Å². The summed E-state index contributed by atoms with van der Waals surface area (Å²) in [6, 6.07) is -0.00822. The second-order valence-corrected chi connectivity index (χ2v) is 40.3. The largest absolute Gasteiger partial charge is 0.463 e. The topological polar surface area (TPSA) is 389 Å². The lowest BCUT2D eigenvalue weighted by molar-refractivity contribution is -0.255. The Balaban J connectivity index is 1.31. The van der Waals surface area contributed by atoms with E-state index in [0.29, 0.717) is 243 Å². The van der Waals surface area contributed by atoms with Crippen molar-refractivity contribution in [1.29, 1.82) is 0 Å². The molecule has 0 spiro atoms. The van der Waals surface area contributed by atoms with Gasteiger partial charge in [0.15, 0.2) is 18.9 Å². The molecule has 4 rings (SSSR count). The second kappa shape index (κ2) is 68.2. The molecule has 752 valence electrons. The lowest BCUT2D eigenvalue weighted by Gasteiger charge is -2.43. The van der Waals surface area contributed by atoms with Gasteiger partial charge in [0.25, 0.3) is 0 Å². The Morgan fingerprint density at radius 1 is 0.366 bits per heavy atom. The van der Waals surface area contributed by atoms with Crippen LogP contribution in [0.1, 0.15) is 335 Å². The number of nitrogens with zero attached hydrogens (tertiary/aromatic N) is 1. The van der Waals surface area contributed by atoms with Crippen LogP contribution in [0.15, 0.2) is 0 Å². The summed E-state index contributed by atoms with van der Waals surface area (Å²) in [4.78, 5) is 179. The number of ketones is 6. The van der Waals surface area contributed by atoms with Crippen LogP contribution in [0.2, 0.25) is 0 Å². The van der Waals surface area contributed by atoms with Crippen LogP contribution < -0.4 is 16.0 Å². The predicted molar refractivity (Wildman–Crippen MR) is 502 cm³/mol. The van der Waals surface area contributed by atoms with Crippen molar-refractivity contribution >= 4 is 104 Å². The third-order valence-corrected chi connectivity index (χ3v) is 29.2. The number of esters is 4. The number of Topliss-reactive ketones (excluding diaryl/α,β-unsaturated/α-hetero) is 6. The number of hydrogen-bond donors (Lipinski definition) is 3. The van der Waals surface area contributed by atoms with Crippen LogP contribution in [0.3, 0.4) is 0 Å². The Hall–Kier alpha value is -5.84. The molecule has 4 aliphatic heterocycles. The summed E-state index contributed by atoms with van der Waals surface area (Å²) in [7, 11) is 3.24. The number of carbonyl (C=O) groups excluding carboxylic acids is 14. The number of carbonyl (C=O) groups is 14. The van der Waals surface area contributed by atoms with Gasteiger partial charge in [0.1, 0.15) is 60.6 Å². The van der Waals surface area contributed by atoms with Gasteiger partial charge in [-0.1, -0.05) is 110 Å². The summed E-state index contributed by atoms with van der Waals surface area (Å²) in [6.45, 7) is 30.2. The molecule has 4 saturated heterocycles. The van der Waals surface area contributed by atoms with Gasteiger partial charge >= 0.3 is 23.9 Å². The molecular formula is C99H168N4O26S2. The first kappa shape index (κ1) is 117. The third-order valence-electron chi connectivity index (χ3n) is 26.7. The smallest absolute Gasteiger partial charge is 0.306 e. The predicted octanol–water partition coefficient (Wildman–Crippen LogP) is 15.4. The molecule has 0 bridgehead atoms. The van der Waals surface area contributed by atoms with Crippen molar-refractivity contribution in [2.45, 2.75) is 384 Å². The second-order valence-electron chi connectivity index (χ2n) is 37.6. The van der Waals surface area contributed by atoms with Crippen LogP contribution in [0.4, 0.5) is 0 Å². The lowest BCUT2D eigenvalue weighted by atomic mass is 9.78. The Labute approximate surface area is 790 Å². The third kappa shape index (κ3) is 50.7. The minimum Gasteiger partial charge on any atom is -0.463 e. The van der Waals surface area contributed by atoms with Gasteiger partial charge in [-0.2, -0.15) is 0 Å². The molecule has 4 amide bonds. The molecule has 32 heteroatoms. The zero-order valence-electron chi connectivity index (χ0n) is 82.2. The fraction of sp³-hybridized carbons (Fsp3) is 0.859. The van der Waals surface area contributed by atoms with Gasteiger partial charge < -0.3 is 82.5 Å². The first-order chi connectivity index (χ1) is 62.6. The summed E-state index contributed by atoms with van der Waals surface area (Å²) in [5.74, 6) is 1.59. The van der Waals surface area contributed by atoms with E-state index in [4.69, 9.17) is 56.8 Å². The molecule has 4 fully saturated rings. The average molecular weight is 1890 g/mol. The lowest BCUT2D eigenvalue weighted by Crippen LogP contribution is -2.47. The van der Waals surface area contributed by atoms with E-state index in [2.05, 4.69) is 78.3 Å². The number of ether oxygens (including phenoxy) is 12. The highest BCUT2D eigenvalue weighted by Gasteiger charge is 2.44. The van der Waals surface area contributed by atoms with Crippen molar-refractivity contribution < 1.29 is 124 Å². The number of unbranched alkanes of at least 4 members (excludes halogenated alkanes) is 9. The molecule has 0 aromatic heterocycles. The highest BCUT2D eigenvalue weighted by atomic mass is 33.1. The summed E-state index contributed by atoms with van der Waals surface area (Å²) in [5, 5.41) is 8.89. The van der Waals surface area contributed by atoms with Gasteiger partial charge in [0.05, 0.1) is 57.7 Å². The quantitative estimate of drug-likeness (QED) is 0.0220. The number of hydrogen-bond acceptors (Lipinski definition) is 28. The maximum atomic E-state index is 14.3. The molecule has 30 nitrogen and oxygen atoms in total. The summed E-state index contributed by atoms with van der Waals surface area (Å²) < 4.78 is 71.1. The molecule has 0 aromatic rings. The number of nitrogens with one attached hydrogen (secondary N) is 3. The van der Waals surface area contributed by atoms with Crippen LogP contribution in [-0.2, 0) is 124 Å². The molecule has 3 N–H and O–H groups in total. The minimum absolute atomic E-state index is 0.00690. The highest BCUT2D eigenvalue weighted by molar-refractivity contribution is 8.76. The average Bonchev–Trinajstić information content (AvgIpc) is 1.59. The summed E-state index contributed by atoms with van der Waals surface area (Å²) >= 11 is 0. The van der Waals surface area contributed by atoms with Crippen LogP contribution in [0.25, 0.3) is 0 Å². The molecule has 0 saturated carbocycles. The SMILES string of the molecule is CC[C@@H]1C[C@@H](OC(=O)CCC(C)=O)CN1C(=O)CCCSSCCNC(=O)CCCCC(=O)CC(CCCCC(=O)NCCCNC(=O)CCCCOC1OC(COC(C)=O)C(C)C(C)C1C)(COCCC(=O)CCCCCC(=O)CCCCOC1OC(COC(C)=O)C(C)C(C)C1C)COCCC(=O)CCCCCC(=O)CCCCOC1OC(COC(C)=O)C(C)C(C)C1C. The van der Waals surface area contributed by atoms with Crippen molar-refractivity contribution in [1.82, 2.24) is 20.9 Å². The zero-order chi connectivity index (χ0) is 96.5. The van der Waals surface area contributed by atoms with Crippen LogP contribution in [-0.4, -0.2) is 240 Å². The van der Waals surface area contributed by atoms with E-state index in [0.717, 1.165) is 12.2 Å². The maximum absolute atomic E-state index is 14.3. The number of likely N-dealkylation sites (tertiary alicyclic amines) is 1. The molecule has 0 aromatic carbocycles. The van der Waals surface area contributed by atoms with Gasteiger partial charge in [-0.15, -0.1) is 0 Å². The maximum Gasteiger partial charge on any atom is 0.306 e. The first-order valence-electron chi connectivity index (χ1n) is 49.6.